The minimum absolute atomic E-state index is 0. The standard InChI is InChI=1S/C4H2BClF3S.K/c6-4-3(1-2-10-4)5(7,8)9;/h1-2H;/q-1;+1. The van der Waals surface area contributed by atoms with Crippen LogP contribution in [-0.2, 0) is 0 Å². The molecule has 7 heteroatoms. The van der Waals surface area contributed by atoms with E-state index in [1.54, 1.807) is 0 Å². The van der Waals surface area contributed by atoms with Gasteiger partial charge in [-0.25, -0.2) is 0 Å². The summed E-state index contributed by atoms with van der Waals surface area (Å²) >= 11 is 6.13. The first kappa shape index (κ1) is 12.5. The quantitative estimate of drug-likeness (QED) is 0.562. The van der Waals surface area contributed by atoms with Gasteiger partial charge in [0.25, 0.3) is 0 Å². The molecule has 0 aliphatic rings. The molecule has 11 heavy (non-hydrogen) atoms. The van der Waals surface area contributed by atoms with Crippen LogP contribution in [0.5, 0.6) is 0 Å². The maximum atomic E-state index is 11.9. The first-order valence-corrected chi connectivity index (χ1v) is 3.70. The van der Waals surface area contributed by atoms with E-state index in [4.69, 9.17) is 11.6 Å². The van der Waals surface area contributed by atoms with Crippen molar-refractivity contribution in [1.29, 1.82) is 0 Å². The summed E-state index contributed by atoms with van der Waals surface area (Å²) in [5.74, 6) is 0. The van der Waals surface area contributed by atoms with Crippen LogP contribution in [0.25, 0.3) is 0 Å². The third-order valence-corrected chi connectivity index (χ3v) is 2.20. The summed E-state index contributed by atoms with van der Waals surface area (Å²) in [4.78, 5) is 0. The largest absolute Gasteiger partial charge is 1.00 e. The normalized spacial score (nSPS) is 10.9. The molecule has 0 nitrogen and oxygen atoms in total. The molecular formula is C4H2BClF3KS. The Labute approximate surface area is 114 Å². The van der Waals surface area contributed by atoms with E-state index in [-0.39, 0.29) is 55.7 Å². The van der Waals surface area contributed by atoms with Crippen molar-refractivity contribution in [2.75, 3.05) is 0 Å². The molecule has 0 saturated carbocycles. The van der Waals surface area contributed by atoms with Crippen LogP contribution >= 0.6 is 22.9 Å². The third kappa shape index (κ3) is 3.38. The molecule has 0 aliphatic heterocycles. The molecular weight excluding hydrogens is 222 g/mol. The number of hydrogen-bond donors (Lipinski definition) is 0. The van der Waals surface area contributed by atoms with Crippen molar-refractivity contribution in [1.82, 2.24) is 0 Å². The van der Waals surface area contributed by atoms with E-state index in [1.807, 2.05) is 0 Å². The summed E-state index contributed by atoms with van der Waals surface area (Å²) in [5, 5.41) is 1.33. The first-order chi connectivity index (χ1) is 4.52. The minimum Gasteiger partial charge on any atom is -0.445 e. The van der Waals surface area contributed by atoms with Crippen LogP contribution in [0.1, 0.15) is 0 Å². The molecule has 0 spiro atoms. The van der Waals surface area contributed by atoms with Crippen LogP contribution in [-0.4, -0.2) is 6.98 Å². The fourth-order valence-electron chi connectivity index (χ4n) is 0.538. The zero-order valence-electron chi connectivity index (χ0n) is 5.65. The Morgan fingerprint density at radius 1 is 1.36 bits per heavy atom. The van der Waals surface area contributed by atoms with Gasteiger partial charge in [0.15, 0.2) is 0 Å². The molecule has 1 aromatic rings. The number of hydrogen-bond acceptors (Lipinski definition) is 1. The van der Waals surface area contributed by atoms with E-state index in [2.05, 4.69) is 0 Å². The molecule has 0 fully saturated rings. The van der Waals surface area contributed by atoms with Gasteiger partial charge < -0.3 is 12.9 Å². The average Bonchev–Trinajstić information content (AvgIpc) is 2.11. The molecule has 0 radical (unpaired) electrons. The molecule has 0 N–H and O–H groups in total. The number of halogens is 4. The summed E-state index contributed by atoms with van der Waals surface area (Å²) in [6, 6.07) is 0.993. The van der Waals surface area contributed by atoms with Gasteiger partial charge in [-0.3, -0.25) is 0 Å². The van der Waals surface area contributed by atoms with Crippen molar-refractivity contribution in [3.8, 4) is 0 Å². The van der Waals surface area contributed by atoms with Gasteiger partial charge in [-0.2, -0.15) is 0 Å². The predicted molar refractivity (Wildman–Crippen MR) is 38.0 cm³/mol. The van der Waals surface area contributed by atoms with Crippen molar-refractivity contribution in [2.45, 2.75) is 0 Å². The Balaban J connectivity index is 0.000001000. The summed E-state index contributed by atoms with van der Waals surface area (Å²) in [6.07, 6.45) is 0. The molecule has 1 aromatic heterocycles. The molecule has 1 heterocycles. The van der Waals surface area contributed by atoms with Crippen LogP contribution in [0.15, 0.2) is 11.4 Å². The van der Waals surface area contributed by atoms with Crippen LogP contribution in [0, 0.1) is 0 Å². The van der Waals surface area contributed by atoms with Gasteiger partial charge in [-0.15, -0.1) is 11.3 Å². The van der Waals surface area contributed by atoms with Gasteiger partial charge in [0.2, 0.25) is 0 Å². The molecule has 56 valence electrons. The predicted octanol–water partition coefficient (Wildman–Crippen LogP) is -0.540. The van der Waals surface area contributed by atoms with Crippen molar-refractivity contribution < 1.29 is 64.3 Å². The molecule has 0 amide bonds. The second-order valence-electron chi connectivity index (χ2n) is 1.72. The fourth-order valence-corrected chi connectivity index (χ4v) is 1.55. The van der Waals surface area contributed by atoms with Crippen LogP contribution < -0.4 is 56.8 Å². The van der Waals surface area contributed by atoms with E-state index in [0.717, 1.165) is 17.4 Å². The Hall–Kier alpha value is 1.48. The van der Waals surface area contributed by atoms with Crippen molar-refractivity contribution in [2.24, 2.45) is 0 Å². The SMILES string of the molecule is F[B-](F)(F)c1ccsc1Cl.[K+]. The second kappa shape index (κ2) is 4.64. The van der Waals surface area contributed by atoms with Crippen molar-refractivity contribution >= 4 is 35.4 Å². The summed E-state index contributed by atoms with van der Waals surface area (Å²) in [6.45, 7) is -4.91. The topological polar surface area (TPSA) is 0 Å². The van der Waals surface area contributed by atoms with Gasteiger partial charge in [0.05, 0.1) is 4.34 Å². The van der Waals surface area contributed by atoms with Gasteiger partial charge >= 0.3 is 58.4 Å². The van der Waals surface area contributed by atoms with Crippen molar-refractivity contribution in [3.63, 3.8) is 0 Å². The second-order valence-corrected chi connectivity index (χ2v) is 3.24. The van der Waals surface area contributed by atoms with Gasteiger partial charge in [-0.05, 0) is 5.38 Å². The molecule has 1 rings (SSSR count). The summed E-state index contributed by atoms with van der Waals surface area (Å²) in [7, 11) is 0. The molecule has 0 atom stereocenters. The average molecular weight is 224 g/mol. The Bertz CT molecular complexity index is 235. The molecule has 0 aromatic carbocycles. The van der Waals surface area contributed by atoms with Gasteiger partial charge in [0.1, 0.15) is 0 Å². The van der Waals surface area contributed by atoms with E-state index in [0.29, 0.717) is 0 Å². The first-order valence-electron chi connectivity index (χ1n) is 2.44. The molecule has 0 aliphatic carbocycles. The van der Waals surface area contributed by atoms with E-state index in [1.165, 1.54) is 5.38 Å². The molecule has 0 unspecified atom stereocenters. The van der Waals surface area contributed by atoms with Crippen LogP contribution in [0.4, 0.5) is 12.9 Å². The summed E-state index contributed by atoms with van der Waals surface area (Å²) in [5.41, 5.74) is -0.688. The zero-order valence-corrected chi connectivity index (χ0v) is 10.3. The maximum Gasteiger partial charge on any atom is 1.00 e. The smallest absolute Gasteiger partial charge is 0.445 e. The van der Waals surface area contributed by atoms with E-state index >= 15 is 0 Å². The van der Waals surface area contributed by atoms with E-state index in [9.17, 15) is 12.9 Å². The fraction of sp³-hybridized carbons (Fsp3) is 0. The maximum absolute atomic E-state index is 11.9. The van der Waals surface area contributed by atoms with Crippen LogP contribution in [0.3, 0.4) is 0 Å². The Morgan fingerprint density at radius 2 is 1.91 bits per heavy atom. The number of rotatable bonds is 1. The van der Waals surface area contributed by atoms with Crippen LogP contribution in [0.2, 0.25) is 4.34 Å². The van der Waals surface area contributed by atoms with E-state index < -0.39 is 12.4 Å². The van der Waals surface area contributed by atoms with Crippen molar-refractivity contribution in [3.05, 3.63) is 15.8 Å². The minimum atomic E-state index is -4.91. The molecule has 0 saturated heterocycles. The van der Waals surface area contributed by atoms with Gasteiger partial charge in [-0.1, -0.05) is 23.1 Å². The zero-order chi connectivity index (χ0) is 7.78. The Kier molecular flexibility index (Phi) is 5.27. The number of thiophene rings is 1. The van der Waals surface area contributed by atoms with Gasteiger partial charge in [0, 0.05) is 0 Å². The molecule has 0 bridgehead atoms. The monoisotopic (exact) mass is 224 g/mol. The Morgan fingerprint density at radius 3 is 2.09 bits per heavy atom. The summed E-state index contributed by atoms with van der Waals surface area (Å²) < 4.78 is 35.4. The third-order valence-electron chi connectivity index (χ3n) is 0.999.